The van der Waals surface area contributed by atoms with E-state index in [1.165, 1.54) is 49.0 Å². The lowest BCUT2D eigenvalue weighted by Gasteiger charge is -2.29. The van der Waals surface area contributed by atoms with Crippen LogP contribution in [0.15, 0.2) is 153 Å². The standard InChI is InChI=1S/C18H27N3O9S3.C16H16O3.C12H15N3O3.C10H16.2C5H8O2/c22-13(1-10-31)28-7-4-19-16(25)20(5-8-29-14(23)2-11-32)18(27)21(17(19)26)6-9-30-15(24)3-12-33;1-19-16(12-17,14-10-6-3-7-11-14)15(18)13-8-4-2-5-9-13;1-4-7-13-10(16)14(8-5-2)12(18)15(9-6-3)11(13)17;1-2-9-7-4-5-8(6-7)10(9)3-1;2*1-3-5(6)7-4-2/h31-33H,1-12H2;2-11,17H,12H2,1H3;4-6H,1-3,7-9H2;7-10H,1-6H2;2*3H,1,4H2,2H3. The average Bonchev–Trinajstić information content (AvgIpc) is 1.32. The number of ether oxygens (including phenoxy) is 6. The molecule has 2 aromatic heterocycles. The van der Waals surface area contributed by atoms with Crippen molar-refractivity contribution < 1.29 is 62.3 Å². The van der Waals surface area contributed by atoms with Crippen molar-refractivity contribution in [2.75, 3.05) is 64.0 Å². The number of allylic oxidation sites excluding steroid dienone is 3. The smallest absolute Gasteiger partial charge is 0.336 e. The van der Waals surface area contributed by atoms with Gasteiger partial charge in [0.1, 0.15) is 19.8 Å². The topological polar surface area (TPSA) is 310 Å². The Balaban J connectivity index is 0.000000420. The lowest BCUT2D eigenvalue weighted by atomic mass is 9.82. The summed E-state index contributed by atoms with van der Waals surface area (Å²) in [6, 6.07) is 17.9. The molecular formula is C66H90N6O19S3. The zero-order valence-corrected chi connectivity index (χ0v) is 56.5. The molecule has 0 aliphatic heterocycles. The van der Waals surface area contributed by atoms with Crippen LogP contribution in [0.25, 0.3) is 0 Å². The lowest BCUT2D eigenvalue weighted by molar-refractivity contribution is -0.144. The molecule has 4 aromatic rings. The number of hydrogen-bond acceptors (Lipinski definition) is 22. The minimum atomic E-state index is -1.34. The van der Waals surface area contributed by atoms with Gasteiger partial charge in [0, 0.05) is 42.1 Å². The van der Waals surface area contributed by atoms with Gasteiger partial charge in [-0.25, -0.2) is 65.8 Å². The Morgan fingerprint density at radius 2 is 0.840 bits per heavy atom. The van der Waals surface area contributed by atoms with Crippen LogP contribution in [0, 0.1) is 23.7 Å². The molecule has 2 bridgehead atoms. The quantitative estimate of drug-likeness (QED) is 0.0130. The van der Waals surface area contributed by atoms with Crippen molar-refractivity contribution in [1.29, 1.82) is 0 Å². The van der Waals surface area contributed by atoms with Crippen LogP contribution in [0.2, 0.25) is 0 Å². The zero-order valence-electron chi connectivity index (χ0n) is 53.8. The molecule has 94 heavy (non-hydrogen) atoms. The molecule has 28 heteroatoms. The summed E-state index contributed by atoms with van der Waals surface area (Å²) in [6.07, 6.45) is 16.2. The van der Waals surface area contributed by atoms with Gasteiger partial charge < -0.3 is 33.5 Å². The number of carbonyl (C=O) groups is 6. The van der Waals surface area contributed by atoms with E-state index in [0.29, 0.717) is 24.3 Å². The maximum Gasteiger partial charge on any atom is 0.336 e. The summed E-state index contributed by atoms with van der Waals surface area (Å²) >= 11 is 11.7. The zero-order chi connectivity index (χ0) is 70.2. The molecule has 7 rings (SSSR count). The van der Waals surface area contributed by atoms with Crippen molar-refractivity contribution in [2.24, 2.45) is 23.7 Å². The summed E-state index contributed by atoms with van der Waals surface area (Å²) < 4.78 is 34.1. The van der Waals surface area contributed by atoms with Crippen molar-refractivity contribution in [3.63, 3.8) is 0 Å². The average molecular weight is 1370 g/mol. The fraction of sp³-hybridized carbons (Fsp3) is 0.485. The highest BCUT2D eigenvalue weighted by Crippen LogP contribution is 2.58. The third-order valence-corrected chi connectivity index (χ3v) is 15.5. The molecule has 5 unspecified atom stereocenters. The van der Waals surface area contributed by atoms with E-state index in [1.807, 2.05) is 24.3 Å². The molecule has 2 heterocycles. The van der Waals surface area contributed by atoms with Crippen molar-refractivity contribution in [2.45, 2.75) is 117 Å². The molecule has 3 fully saturated rings. The highest BCUT2D eigenvalue weighted by atomic mass is 32.1. The van der Waals surface area contributed by atoms with Gasteiger partial charge in [-0.2, -0.15) is 37.9 Å². The molecular weight excluding hydrogens is 1280 g/mol. The van der Waals surface area contributed by atoms with E-state index in [-0.39, 0.29) is 113 Å². The number of aromatic nitrogens is 6. The number of benzene rings is 2. The largest absolute Gasteiger partial charge is 0.464 e. The Bertz CT molecular complexity index is 3190. The van der Waals surface area contributed by atoms with E-state index in [1.54, 1.807) is 88.8 Å². The molecule has 0 spiro atoms. The number of aliphatic hydroxyl groups is 1. The van der Waals surface area contributed by atoms with Crippen LogP contribution in [-0.4, -0.2) is 132 Å². The van der Waals surface area contributed by atoms with Crippen LogP contribution in [0.1, 0.15) is 87.6 Å². The van der Waals surface area contributed by atoms with E-state index >= 15 is 0 Å². The Hall–Kier alpha value is -8.05. The summed E-state index contributed by atoms with van der Waals surface area (Å²) in [7, 11) is 1.43. The van der Waals surface area contributed by atoms with Gasteiger partial charge in [0.2, 0.25) is 5.78 Å². The molecule has 1 N–H and O–H groups in total. The van der Waals surface area contributed by atoms with Gasteiger partial charge in [0.15, 0.2) is 5.60 Å². The van der Waals surface area contributed by atoms with Gasteiger partial charge in [-0.1, -0.05) is 98.5 Å². The number of fused-ring (bicyclic) bond motifs is 5. The molecule has 0 amide bonds. The number of carbonyl (C=O) groups excluding carboxylic acids is 6. The Labute approximate surface area is 562 Å². The summed E-state index contributed by atoms with van der Waals surface area (Å²) in [5.74, 6) is 2.98. The predicted molar refractivity (Wildman–Crippen MR) is 366 cm³/mol. The van der Waals surface area contributed by atoms with Crippen molar-refractivity contribution in [3.8, 4) is 0 Å². The second-order valence-corrected chi connectivity index (χ2v) is 22.0. The highest BCUT2D eigenvalue weighted by Gasteiger charge is 2.49. The first kappa shape index (κ1) is 82.0. The van der Waals surface area contributed by atoms with Crippen LogP contribution in [0.4, 0.5) is 0 Å². The lowest BCUT2D eigenvalue weighted by Crippen LogP contribution is -2.55. The minimum absolute atomic E-state index is 0.0478. The Morgan fingerprint density at radius 1 is 0.511 bits per heavy atom. The monoisotopic (exact) mass is 1370 g/mol. The third kappa shape index (κ3) is 25.4. The number of hydrogen-bond donors (Lipinski definition) is 4. The number of rotatable bonds is 30. The number of methoxy groups -OCH3 is 1. The third-order valence-electron chi connectivity index (χ3n) is 14.9. The van der Waals surface area contributed by atoms with Crippen molar-refractivity contribution in [1.82, 2.24) is 27.4 Å². The summed E-state index contributed by atoms with van der Waals surface area (Å²) in [5.41, 5.74) is -5.03. The summed E-state index contributed by atoms with van der Waals surface area (Å²) in [6.45, 7) is 19.1. The second-order valence-electron chi connectivity index (χ2n) is 20.7. The van der Waals surface area contributed by atoms with Gasteiger partial charge in [-0.15, -0.1) is 19.7 Å². The van der Waals surface area contributed by atoms with Crippen LogP contribution in [-0.2, 0) is 97.3 Å². The molecule has 3 aliphatic rings. The maximum atomic E-state index is 12.7. The molecule has 5 atom stereocenters. The highest BCUT2D eigenvalue weighted by molar-refractivity contribution is 7.80. The second kappa shape index (κ2) is 45.3. The van der Waals surface area contributed by atoms with Crippen LogP contribution >= 0.6 is 37.9 Å². The van der Waals surface area contributed by atoms with Gasteiger partial charge >= 0.3 is 64.0 Å². The first-order chi connectivity index (χ1) is 45.1. The number of Topliss-reactive ketones (excluding diaryl/α,β-unsaturated/α-hetero) is 1. The van der Waals surface area contributed by atoms with Crippen LogP contribution in [0.3, 0.4) is 0 Å². The van der Waals surface area contributed by atoms with Crippen LogP contribution in [0.5, 0.6) is 0 Å². The fourth-order valence-corrected chi connectivity index (χ4v) is 11.1. The predicted octanol–water partition coefficient (Wildman–Crippen LogP) is 5.20. The number of aliphatic hydroxyl groups excluding tert-OH is 1. The molecule has 3 aliphatic carbocycles. The van der Waals surface area contributed by atoms with Crippen molar-refractivity contribution in [3.05, 3.63) is 198 Å². The minimum Gasteiger partial charge on any atom is -0.464 e. The van der Waals surface area contributed by atoms with E-state index in [4.69, 9.17) is 18.9 Å². The number of thiol groups is 3. The number of esters is 5. The van der Waals surface area contributed by atoms with Gasteiger partial charge in [-0.3, -0.25) is 19.2 Å². The Kier molecular flexibility index (Phi) is 39.5. The molecule has 0 radical (unpaired) electrons. The van der Waals surface area contributed by atoms with Gasteiger partial charge in [0.25, 0.3) is 0 Å². The first-order valence-electron chi connectivity index (χ1n) is 30.6. The van der Waals surface area contributed by atoms with Crippen LogP contribution < -0.4 is 34.1 Å². The van der Waals surface area contributed by atoms with Crippen molar-refractivity contribution >= 4 is 73.5 Å². The van der Waals surface area contributed by atoms with E-state index in [2.05, 4.69) is 80.3 Å². The van der Waals surface area contributed by atoms with E-state index < -0.39 is 64.3 Å². The molecule has 25 nitrogen and oxygen atoms in total. The number of nitrogens with zero attached hydrogens (tertiary/aromatic N) is 6. The first-order valence-corrected chi connectivity index (χ1v) is 32.5. The molecule has 0 saturated heterocycles. The Morgan fingerprint density at radius 3 is 1.12 bits per heavy atom. The summed E-state index contributed by atoms with van der Waals surface area (Å²) in [5, 5.41) is 9.72. The fourth-order valence-electron chi connectivity index (χ4n) is 10.6. The molecule has 3 saturated carbocycles. The normalized spacial score (nSPS) is 15.7. The summed E-state index contributed by atoms with van der Waals surface area (Å²) in [4.78, 5) is 141. The van der Waals surface area contributed by atoms with Gasteiger partial charge in [-0.05, 0) is 75.2 Å². The molecule has 2 aromatic carbocycles. The number of ketones is 1. The van der Waals surface area contributed by atoms with Gasteiger partial charge in [0.05, 0.1) is 78.4 Å². The maximum absolute atomic E-state index is 12.7. The van der Waals surface area contributed by atoms with E-state index in [0.717, 1.165) is 39.6 Å². The molecule has 516 valence electrons. The van der Waals surface area contributed by atoms with E-state index in [9.17, 15) is 62.6 Å². The SMILES string of the molecule is C1CC2C3CCC(C3)C2C1.C=CC(=O)OCC.C=CC(=O)OCC.C=CCn1c(=O)n(CC=C)c(=O)n(CC=C)c1=O.COC(CO)(C(=O)c1ccccc1)c1ccccc1.O=C(CCS)OCCn1c(=O)n(CCOC(=O)CCS)c(=O)n(CCOC(=O)CCS)c1=O.